The lowest BCUT2D eigenvalue weighted by Crippen LogP contribution is -2.46. The number of carbonyl (C=O) groups is 1. The Morgan fingerprint density at radius 1 is 0.926 bits per heavy atom. The number of hydrazine groups is 1. The maximum absolute atomic E-state index is 13.8. The third-order valence-corrected chi connectivity index (χ3v) is 5.47. The Labute approximate surface area is 172 Å². The summed E-state index contributed by atoms with van der Waals surface area (Å²) in [5.41, 5.74) is 3.54. The first-order valence-electron chi connectivity index (χ1n) is 8.73. The van der Waals surface area contributed by atoms with Gasteiger partial charge in [0.1, 0.15) is 0 Å². The molecule has 5 nitrogen and oxygen atoms in total. The highest BCUT2D eigenvalue weighted by molar-refractivity contribution is 14.1. The molecule has 0 saturated heterocycles. The molecule has 0 bridgehead atoms. The van der Waals surface area contributed by atoms with Crippen molar-refractivity contribution in [1.29, 1.82) is 0 Å². The molecule has 1 aliphatic rings. The van der Waals surface area contributed by atoms with Crippen molar-refractivity contribution in [1.82, 2.24) is 13.2 Å². The molecular formula is C21H19IN4O. The number of anilines is 1. The van der Waals surface area contributed by atoms with E-state index in [1.807, 2.05) is 52.7 Å². The average Bonchev–Trinajstić information content (AvgIpc) is 2.92. The summed E-state index contributed by atoms with van der Waals surface area (Å²) in [6.07, 6.45) is 8.36. The molecule has 0 radical (unpaired) electrons. The van der Waals surface area contributed by atoms with Crippen LogP contribution < -0.4 is 5.01 Å². The van der Waals surface area contributed by atoms with Crippen LogP contribution in [0.3, 0.4) is 0 Å². The first kappa shape index (κ1) is 18.1. The molecule has 0 atom stereocenters. The van der Waals surface area contributed by atoms with Crippen LogP contribution in [-0.2, 0) is 23.1 Å². The van der Waals surface area contributed by atoms with Crippen LogP contribution >= 0.6 is 22.9 Å². The fraction of sp³-hybridized carbons (Fsp3) is 0.190. The van der Waals surface area contributed by atoms with Crippen LogP contribution in [-0.4, -0.2) is 26.1 Å². The fourth-order valence-electron chi connectivity index (χ4n) is 3.87. The molecule has 3 aromatic rings. The average molecular weight is 470 g/mol. The lowest BCUT2D eigenvalue weighted by molar-refractivity contribution is -0.124. The number of amides is 1. The Balaban J connectivity index is 1.88. The third kappa shape index (κ3) is 3.23. The van der Waals surface area contributed by atoms with Gasteiger partial charge in [-0.3, -0.25) is 14.8 Å². The van der Waals surface area contributed by atoms with E-state index in [0.29, 0.717) is 12.8 Å². The summed E-state index contributed by atoms with van der Waals surface area (Å²) in [6.45, 7) is 0. The van der Waals surface area contributed by atoms with Crippen LogP contribution in [0.5, 0.6) is 0 Å². The molecule has 0 aliphatic carbocycles. The minimum Gasteiger partial charge on any atom is -0.272 e. The van der Waals surface area contributed by atoms with Crippen LogP contribution in [0, 0.1) is 0 Å². The number of halogens is 1. The van der Waals surface area contributed by atoms with Gasteiger partial charge in [-0.2, -0.15) is 3.22 Å². The van der Waals surface area contributed by atoms with Crippen molar-refractivity contribution in [2.75, 3.05) is 12.1 Å². The second kappa shape index (κ2) is 7.36. The molecule has 1 aromatic carbocycles. The van der Waals surface area contributed by atoms with E-state index in [1.54, 1.807) is 29.8 Å². The monoisotopic (exact) mass is 470 g/mol. The second-order valence-corrected chi connectivity index (χ2v) is 8.12. The van der Waals surface area contributed by atoms with Crippen molar-refractivity contribution >= 4 is 34.5 Å². The van der Waals surface area contributed by atoms with Gasteiger partial charge in [-0.1, -0.05) is 18.2 Å². The van der Waals surface area contributed by atoms with E-state index in [-0.39, 0.29) is 5.91 Å². The lowest BCUT2D eigenvalue weighted by Gasteiger charge is -2.30. The Morgan fingerprint density at radius 3 is 1.96 bits per heavy atom. The number of hydrogen-bond donors (Lipinski definition) is 0. The second-order valence-electron chi connectivity index (χ2n) is 6.73. The van der Waals surface area contributed by atoms with Gasteiger partial charge in [-0.15, -0.1) is 0 Å². The van der Waals surface area contributed by atoms with E-state index in [0.717, 1.165) is 22.4 Å². The van der Waals surface area contributed by atoms with Crippen LogP contribution in [0.1, 0.15) is 16.7 Å². The van der Waals surface area contributed by atoms with Crippen LogP contribution in [0.4, 0.5) is 5.69 Å². The highest BCUT2D eigenvalue weighted by Gasteiger charge is 2.51. The maximum Gasteiger partial charge on any atom is 0.253 e. The molecular weight excluding hydrogens is 451 g/mol. The van der Waals surface area contributed by atoms with Crippen LogP contribution in [0.15, 0.2) is 73.3 Å². The van der Waals surface area contributed by atoms with Crippen molar-refractivity contribution in [3.63, 3.8) is 0 Å². The Kier molecular flexibility index (Phi) is 4.92. The quantitative estimate of drug-likeness (QED) is 0.421. The normalized spacial score (nSPS) is 15.2. The standard InChI is InChI=1S/C21H19IN4O/c1-25(22)26-19-5-3-2-4-18(19)21(20(26)27,14-16-6-10-23-11-7-16)15-17-8-12-24-13-9-17/h2-13H,14-15H2,1H3. The number of para-hydroxylation sites is 1. The van der Waals surface area contributed by atoms with Crippen LogP contribution in [0.2, 0.25) is 0 Å². The summed E-state index contributed by atoms with van der Waals surface area (Å²) in [7, 11) is 1.89. The minimum atomic E-state index is -0.668. The topological polar surface area (TPSA) is 49.3 Å². The maximum atomic E-state index is 13.8. The first-order valence-corrected chi connectivity index (χ1v) is 9.69. The number of hydrogen-bond acceptors (Lipinski definition) is 4. The minimum absolute atomic E-state index is 0.0919. The summed E-state index contributed by atoms with van der Waals surface area (Å²) in [5, 5.41) is 1.78. The lowest BCUT2D eigenvalue weighted by atomic mass is 9.72. The van der Waals surface area contributed by atoms with Crippen molar-refractivity contribution in [2.24, 2.45) is 0 Å². The zero-order chi connectivity index (χ0) is 18.9. The fourth-order valence-corrected chi connectivity index (χ4v) is 4.29. The number of fused-ring (bicyclic) bond motifs is 1. The van der Waals surface area contributed by atoms with Gasteiger partial charge in [-0.25, -0.2) is 5.01 Å². The Hall–Kier alpha value is -2.32. The molecule has 2 aromatic heterocycles. The Morgan fingerprint density at radius 2 is 1.44 bits per heavy atom. The van der Waals surface area contributed by atoms with Crippen molar-refractivity contribution < 1.29 is 4.79 Å². The van der Waals surface area contributed by atoms with Gasteiger partial charge in [-0.05, 0) is 59.9 Å². The van der Waals surface area contributed by atoms with Gasteiger partial charge < -0.3 is 0 Å². The number of carbonyl (C=O) groups excluding carboxylic acids is 1. The molecule has 0 saturated carbocycles. The van der Waals surface area contributed by atoms with Gasteiger partial charge in [0, 0.05) is 54.7 Å². The van der Waals surface area contributed by atoms with Crippen molar-refractivity contribution in [3.05, 3.63) is 90.0 Å². The van der Waals surface area contributed by atoms with Crippen LogP contribution in [0.25, 0.3) is 0 Å². The van der Waals surface area contributed by atoms with E-state index < -0.39 is 5.41 Å². The number of pyridine rings is 2. The van der Waals surface area contributed by atoms with E-state index in [4.69, 9.17) is 0 Å². The number of benzene rings is 1. The number of rotatable bonds is 5. The van der Waals surface area contributed by atoms with Gasteiger partial charge in [0.2, 0.25) is 0 Å². The molecule has 0 unspecified atom stereocenters. The summed E-state index contributed by atoms with van der Waals surface area (Å²) in [5.74, 6) is 0.0919. The van der Waals surface area contributed by atoms with E-state index in [2.05, 4.69) is 38.9 Å². The zero-order valence-corrected chi connectivity index (χ0v) is 17.1. The molecule has 4 rings (SSSR count). The SMILES string of the molecule is CN(I)N1C(=O)C(Cc2ccncc2)(Cc2ccncc2)c2ccccc21. The van der Waals surface area contributed by atoms with Gasteiger partial charge >= 0.3 is 0 Å². The van der Waals surface area contributed by atoms with E-state index >= 15 is 0 Å². The number of aromatic nitrogens is 2. The molecule has 1 aliphatic heterocycles. The molecule has 0 spiro atoms. The molecule has 0 N–H and O–H groups in total. The highest BCUT2D eigenvalue weighted by atomic mass is 127. The van der Waals surface area contributed by atoms with Crippen molar-refractivity contribution in [2.45, 2.75) is 18.3 Å². The molecule has 1 amide bonds. The zero-order valence-electron chi connectivity index (χ0n) is 14.9. The molecule has 0 fully saturated rings. The predicted octanol–water partition coefficient (Wildman–Crippen LogP) is 3.74. The largest absolute Gasteiger partial charge is 0.272 e. The predicted molar refractivity (Wildman–Crippen MR) is 113 cm³/mol. The smallest absolute Gasteiger partial charge is 0.253 e. The summed E-state index contributed by atoms with van der Waals surface area (Å²) in [4.78, 5) is 22.0. The molecule has 3 heterocycles. The summed E-state index contributed by atoms with van der Waals surface area (Å²) < 4.78 is 1.83. The molecule has 27 heavy (non-hydrogen) atoms. The van der Waals surface area contributed by atoms with Crippen molar-refractivity contribution in [3.8, 4) is 0 Å². The summed E-state index contributed by atoms with van der Waals surface area (Å²) >= 11 is 2.15. The van der Waals surface area contributed by atoms with Gasteiger partial charge in [0.25, 0.3) is 5.91 Å². The first-order chi connectivity index (χ1) is 13.1. The van der Waals surface area contributed by atoms with Gasteiger partial charge in [0.15, 0.2) is 0 Å². The molecule has 6 heteroatoms. The number of nitrogens with zero attached hydrogens (tertiary/aromatic N) is 4. The molecule has 136 valence electrons. The van der Waals surface area contributed by atoms with Gasteiger partial charge in [0.05, 0.1) is 11.1 Å². The van der Waals surface area contributed by atoms with E-state index in [9.17, 15) is 4.79 Å². The summed E-state index contributed by atoms with van der Waals surface area (Å²) in [6, 6.07) is 16.0. The highest BCUT2D eigenvalue weighted by Crippen LogP contribution is 2.46. The third-order valence-electron chi connectivity index (χ3n) is 5.04. The Bertz CT molecular complexity index is 905. The van der Waals surface area contributed by atoms with E-state index in [1.165, 1.54) is 0 Å².